The fourth-order valence-corrected chi connectivity index (χ4v) is 5.57. The van der Waals surface area contributed by atoms with Crippen molar-refractivity contribution in [3.63, 3.8) is 0 Å². The number of alkyl halides is 1. The molecule has 0 aliphatic carbocycles. The summed E-state index contributed by atoms with van der Waals surface area (Å²) in [6.07, 6.45) is -0.460. The molecule has 2 unspecified atom stereocenters. The quantitative estimate of drug-likeness (QED) is 0.432. The third-order valence-electron chi connectivity index (χ3n) is 7.16. The molecule has 1 fully saturated rings. The van der Waals surface area contributed by atoms with Gasteiger partial charge in [-0.05, 0) is 49.7 Å². The number of aromatic amines is 1. The van der Waals surface area contributed by atoms with Gasteiger partial charge < -0.3 is 20.5 Å². The van der Waals surface area contributed by atoms with Gasteiger partial charge in [0.2, 0.25) is 11.8 Å². The zero-order chi connectivity index (χ0) is 28.3. The van der Waals surface area contributed by atoms with Crippen molar-refractivity contribution in [3.05, 3.63) is 64.3 Å². The number of nitriles is 1. The normalized spacial score (nSPS) is 21.1. The lowest BCUT2D eigenvalue weighted by Gasteiger charge is -2.29. The topological polar surface area (TPSA) is 118 Å². The Morgan fingerprint density at radius 3 is 2.72 bits per heavy atom. The van der Waals surface area contributed by atoms with Crippen molar-refractivity contribution in [1.82, 2.24) is 15.2 Å². The van der Waals surface area contributed by atoms with Crippen molar-refractivity contribution in [1.29, 1.82) is 5.26 Å². The van der Waals surface area contributed by atoms with Gasteiger partial charge in [-0.15, -0.1) is 0 Å². The number of nitrogens with zero attached hydrogens (tertiary/aromatic N) is 2. The molecule has 3 amide bonds. The molecule has 0 radical (unpaired) electrons. The fourth-order valence-electron chi connectivity index (χ4n) is 5.40. The average Bonchev–Trinajstić information content (AvgIpc) is 3.52. The van der Waals surface area contributed by atoms with Gasteiger partial charge in [0, 0.05) is 41.5 Å². The highest BCUT2D eigenvalue weighted by atomic mass is 35.5. The van der Waals surface area contributed by atoms with E-state index in [0.29, 0.717) is 22.3 Å². The van der Waals surface area contributed by atoms with E-state index in [1.54, 1.807) is 18.2 Å². The molecule has 0 bridgehead atoms. The third-order valence-corrected chi connectivity index (χ3v) is 7.40. The molecular formula is C27H23ClF3N5O3. The smallest absolute Gasteiger partial charge is 0.268 e. The first-order valence-corrected chi connectivity index (χ1v) is 12.5. The van der Waals surface area contributed by atoms with Gasteiger partial charge in [0.25, 0.3) is 5.91 Å². The van der Waals surface area contributed by atoms with E-state index >= 15 is 0 Å². The lowest BCUT2D eigenvalue weighted by atomic mass is 9.80. The minimum atomic E-state index is -1.91. The van der Waals surface area contributed by atoms with Crippen LogP contribution in [0.2, 0.25) is 5.02 Å². The zero-order valence-corrected chi connectivity index (χ0v) is 21.6. The Morgan fingerprint density at radius 1 is 1.28 bits per heavy atom. The summed E-state index contributed by atoms with van der Waals surface area (Å²) in [5.74, 6) is -3.73. The second kappa shape index (κ2) is 9.31. The van der Waals surface area contributed by atoms with Crippen LogP contribution in [0, 0.1) is 23.0 Å². The van der Waals surface area contributed by atoms with Crippen molar-refractivity contribution in [2.75, 3.05) is 11.9 Å². The van der Waals surface area contributed by atoms with Crippen molar-refractivity contribution in [3.8, 4) is 6.07 Å². The van der Waals surface area contributed by atoms with Crippen LogP contribution in [0.5, 0.6) is 0 Å². The Morgan fingerprint density at radius 2 is 2.03 bits per heavy atom. The van der Waals surface area contributed by atoms with Crippen LogP contribution < -0.4 is 10.6 Å². The molecular weight excluding hydrogens is 535 g/mol. The lowest BCUT2D eigenvalue weighted by molar-refractivity contribution is -0.134. The molecule has 3 N–H and O–H groups in total. The van der Waals surface area contributed by atoms with Crippen molar-refractivity contribution in [2.45, 2.75) is 49.9 Å². The molecule has 1 saturated heterocycles. The van der Waals surface area contributed by atoms with Crippen LogP contribution in [0.1, 0.15) is 42.7 Å². The monoisotopic (exact) mass is 557 g/mol. The first-order chi connectivity index (χ1) is 18.3. The summed E-state index contributed by atoms with van der Waals surface area (Å²) in [6.45, 7) is 2.28. The number of aromatic nitrogens is 1. The van der Waals surface area contributed by atoms with Crippen LogP contribution >= 0.6 is 11.6 Å². The average molecular weight is 558 g/mol. The van der Waals surface area contributed by atoms with Crippen molar-refractivity contribution >= 4 is 45.9 Å². The third kappa shape index (κ3) is 4.69. The predicted octanol–water partition coefficient (Wildman–Crippen LogP) is 4.35. The zero-order valence-electron chi connectivity index (χ0n) is 20.9. The van der Waals surface area contributed by atoms with Gasteiger partial charge in [-0.25, -0.2) is 13.2 Å². The number of hydrogen-bond acceptors (Lipinski definition) is 4. The standard InChI is InChI=1S/C27H23ClF3N5O3/c1-26(2,31)10-22(34-23(37)21-8-16-18(30)6-14(29)7-20(16)33-21)24(38)36-12-27(9-15(36)11-32)17-5-13(28)3-4-19(17)35-25(27)39/h3-8,15,22,33H,9-10,12H2,1-2H3,(H,34,37)(H,35,39)/t15-,22?,27?/m0/s1. The summed E-state index contributed by atoms with van der Waals surface area (Å²) in [4.78, 5) is 43.7. The molecule has 39 heavy (non-hydrogen) atoms. The second-order valence-electron chi connectivity index (χ2n) is 10.5. The molecule has 1 spiro atoms. The maximum atomic E-state index is 14.8. The maximum Gasteiger partial charge on any atom is 0.268 e. The van der Waals surface area contributed by atoms with Crippen LogP contribution in [-0.4, -0.2) is 51.9 Å². The highest BCUT2D eigenvalue weighted by Gasteiger charge is 2.56. The number of nitrogens with one attached hydrogen (secondary N) is 3. The molecule has 2 aliphatic rings. The number of likely N-dealkylation sites (tertiary alicyclic amines) is 1. The van der Waals surface area contributed by atoms with E-state index < -0.39 is 58.9 Å². The SMILES string of the molecule is CC(C)(F)CC(NC(=O)c1cc2c(F)cc(F)cc2[nH]1)C(=O)N1CC2(C[C@H]1C#N)C(=O)Nc1ccc(Cl)cc12. The molecule has 2 aromatic carbocycles. The summed E-state index contributed by atoms with van der Waals surface area (Å²) in [5.41, 5.74) is -2.22. The van der Waals surface area contributed by atoms with Crippen LogP contribution in [0.15, 0.2) is 36.4 Å². The number of hydrogen-bond donors (Lipinski definition) is 3. The second-order valence-corrected chi connectivity index (χ2v) is 11.0. The van der Waals surface area contributed by atoms with Gasteiger partial charge in [0.05, 0.1) is 17.0 Å². The molecule has 12 heteroatoms. The van der Waals surface area contributed by atoms with Crippen LogP contribution in [0.4, 0.5) is 18.9 Å². The Balaban J connectivity index is 1.45. The van der Waals surface area contributed by atoms with E-state index in [0.717, 1.165) is 12.1 Å². The molecule has 5 rings (SSSR count). The maximum absolute atomic E-state index is 14.8. The van der Waals surface area contributed by atoms with E-state index in [2.05, 4.69) is 15.6 Å². The highest BCUT2D eigenvalue weighted by molar-refractivity contribution is 6.31. The molecule has 3 aromatic rings. The van der Waals surface area contributed by atoms with E-state index in [9.17, 15) is 32.8 Å². The summed E-state index contributed by atoms with van der Waals surface area (Å²) in [6, 6.07) is 7.28. The molecule has 3 heterocycles. The largest absolute Gasteiger partial charge is 0.350 e. The Bertz CT molecular complexity index is 1580. The highest BCUT2D eigenvalue weighted by Crippen LogP contribution is 2.47. The van der Waals surface area contributed by atoms with Gasteiger partial charge in [0.1, 0.15) is 35.1 Å². The molecule has 202 valence electrons. The fraction of sp³-hybridized carbons (Fsp3) is 0.333. The summed E-state index contributed by atoms with van der Waals surface area (Å²) < 4.78 is 42.6. The molecule has 8 nitrogen and oxygen atoms in total. The number of carbonyl (C=O) groups is 3. The number of halogens is 4. The van der Waals surface area contributed by atoms with Gasteiger partial charge in [-0.2, -0.15) is 5.26 Å². The molecule has 3 atom stereocenters. The van der Waals surface area contributed by atoms with Gasteiger partial charge in [-0.1, -0.05) is 11.6 Å². The molecule has 0 saturated carbocycles. The van der Waals surface area contributed by atoms with E-state index in [1.807, 2.05) is 6.07 Å². The van der Waals surface area contributed by atoms with Gasteiger partial charge >= 0.3 is 0 Å². The lowest BCUT2D eigenvalue weighted by Crippen LogP contribution is -2.52. The minimum Gasteiger partial charge on any atom is -0.350 e. The number of benzene rings is 2. The van der Waals surface area contributed by atoms with E-state index in [-0.39, 0.29) is 29.6 Å². The van der Waals surface area contributed by atoms with Crippen molar-refractivity contribution in [2.24, 2.45) is 0 Å². The first kappa shape index (κ1) is 26.6. The summed E-state index contributed by atoms with van der Waals surface area (Å²) >= 11 is 6.17. The van der Waals surface area contributed by atoms with Gasteiger partial charge in [-0.3, -0.25) is 14.4 Å². The predicted molar refractivity (Wildman–Crippen MR) is 137 cm³/mol. The van der Waals surface area contributed by atoms with E-state index in [1.165, 1.54) is 18.7 Å². The summed E-state index contributed by atoms with van der Waals surface area (Å²) in [7, 11) is 0. The number of anilines is 1. The number of rotatable bonds is 5. The number of H-pyrrole nitrogens is 1. The number of amides is 3. The first-order valence-electron chi connectivity index (χ1n) is 12.1. The van der Waals surface area contributed by atoms with Crippen molar-refractivity contribution < 1.29 is 27.6 Å². The Kier molecular flexibility index (Phi) is 6.34. The minimum absolute atomic E-state index is 0.0129. The van der Waals surface area contributed by atoms with Gasteiger partial charge in [0.15, 0.2) is 0 Å². The molecule has 2 aliphatic heterocycles. The van der Waals surface area contributed by atoms with Crippen LogP contribution in [-0.2, 0) is 15.0 Å². The Labute approximate surface area is 226 Å². The van der Waals surface area contributed by atoms with Crippen LogP contribution in [0.3, 0.4) is 0 Å². The number of carbonyl (C=O) groups excluding carboxylic acids is 3. The van der Waals surface area contributed by atoms with Crippen LogP contribution in [0.25, 0.3) is 10.9 Å². The Hall–Kier alpha value is -4.04. The number of fused-ring (bicyclic) bond motifs is 3. The molecule has 1 aromatic heterocycles. The summed E-state index contributed by atoms with van der Waals surface area (Å²) in [5, 5.41) is 15.5. The van der Waals surface area contributed by atoms with E-state index in [4.69, 9.17) is 11.6 Å².